The Bertz CT molecular complexity index is 347. The summed E-state index contributed by atoms with van der Waals surface area (Å²) in [6.45, 7) is 2.27. The number of aliphatic carboxylic acids is 1. The number of carboxylic acids is 1. The number of carboxylic acid groups (broad SMARTS) is 1. The Morgan fingerprint density at radius 1 is 0.680 bits per heavy atom. The van der Waals surface area contributed by atoms with Gasteiger partial charge in [0.25, 0.3) is 0 Å². The topological polar surface area (TPSA) is 54.4 Å². The zero-order valence-electron chi connectivity index (χ0n) is 16.4. The van der Waals surface area contributed by atoms with Crippen molar-refractivity contribution < 1.29 is 14.7 Å². The van der Waals surface area contributed by atoms with Gasteiger partial charge < -0.3 is 5.11 Å². The first kappa shape index (κ1) is 23.9. The number of unbranched alkanes of at least 4 members (excludes halogenated alkanes) is 16. The van der Waals surface area contributed by atoms with E-state index in [9.17, 15) is 9.59 Å². The quantitative estimate of drug-likeness (QED) is 0.0909. The number of allylic oxidation sites excluding steroid dienone is 1. The second-order valence-corrected chi connectivity index (χ2v) is 7.17. The molecule has 0 radical (unpaired) electrons. The number of rotatable bonds is 19. The summed E-state index contributed by atoms with van der Waals surface area (Å²) >= 11 is 0. The standard InChI is InChI=1S/C22H40O3/c1-2-3-4-5-6-7-8-9-10-11-12-13-14-15-16-17-18-19-21(20-23)22(24)25/h19-20H,2-18H2,1H3,(H,24,25). The molecular formula is C22H40O3. The van der Waals surface area contributed by atoms with E-state index in [0.717, 1.165) is 12.8 Å². The fraction of sp³-hybridized carbons (Fsp3) is 0.818. The number of hydrogen-bond acceptors (Lipinski definition) is 2. The molecule has 0 fully saturated rings. The SMILES string of the molecule is CCCCCCCCCCCCCCCCCCC=C(C=O)C(=O)O. The van der Waals surface area contributed by atoms with Crippen LogP contribution in [0.3, 0.4) is 0 Å². The lowest BCUT2D eigenvalue weighted by molar-refractivity contribution is -0.133. The third kappa shape index (κ3) is 17.5. The predicted molar refractivity (Wildman–Crippen MR) is 106 cm³/mol. The summed E-state index contributed by atoms with van der Waals surface area (Å²) in [5.41, 5.74) is -0.110. The minimum Gasteiger partial charge on any atom is -0.478 e. The number of hydrogen-bond donors (Lipinski definition) is 1. The maximum absolute atomic E-state index is 10.6. The van der Waals surface area contributed by atoms with Crippen LogP contribution in [0, 0.1) is 0 Å². The van der Waals surface area contributed by atoms with Gasteiger partial charge in [0.05, 0.1) is 5.57 Å². The van der Waals surface area contributed by atoms with Gasteiger partial charge in [-0.25, -0.2) is 4.79 Å². The lowest BCUT2D eigenvalue weighted by atomic mass is 10.0. The van der Waals surface area contributed by atoms with Gasteiger partial charge in [-0.15, -0.1) is 0 Å². The smallest absolute Gasteiger partial charge is 0.338 e. The Morgan fingerprint density at radius 3 is 1.36 bits per heavy atom. The third-order valence-electron chi connectivity index (χ3n) is 4.80. The van der Waals surface area contributed by atoms with E-state index in [1.54, 1.807) is 6.08 Å². The molecule has 0 aromatic rings. The minimum atomic E-state index is -1.12. The van der Waals surface area contributed by atoms with Gasteiger partial charge in [-0.3, -0.25) is 4.79 Å². The Labute approximate surface area is 155 Å². The van der Waals surface area contributed by atoms with Crippen molar-refractivity contribution in [2.45, 2.75) is 116 Å². The number of aldehydes is 1. The number of carbonyl (C=O) groups excluding carboxylic acids is 1. The summed E-state index contributed by atoms with van der Waals surface area (Å²) in [5, 5.41) is 8.71. The van der Waals surface area contributed by atoms with Crippen molar-refractivity contribution in [3.05, 3.63) is 11.6 Å². The van der Waals surface area contributed by atoms with Gasteiger partial charge in [0.1, 0.15) is 0 Å². The Hall–Kier alpha value is -1.12. The van der Waals surface area contributed by atoms with Crippen LogP contribution in [-0.4, -0.2) is 17.4 Å². The van der Waals surface area contributed by atoms with Gasteiger partial charge in [0.2, 0.25) is 0 Å². The van der Waals surface area contributed by atoms with Crippen molar-refractivity contribution >= 4 is 12.3 Å². The highest BCUT2D eigenvalue weighted by atomic mass is 16.4. The van der Waals surface area contributed by atoms with Crippen LogP contribution in [0.25, 0.3) is 0 Å². The summed E-state index contributed by atoms with van der Waals surface area (Å²) < 4.78 is 0. The molecule has 25 heavy (non-hydrogen) atoms. The summed E-state index contributed by atoms with van der Waals surface area (Å²) in [6.07, 6.45) is 24.0. The molecule has 0 spiro atoms. The van der Waals surface area contributed by atoms with Crippen LogP contribution >= 0.6 is 0 Å². The van der Waals surface area contributed by atoms with Crippen LogP contribution in [0.1, 0.15) is 116 Å². The molecule has 3 nitrogen and oxygen atoms in total. The summed E-state index contributed by atoms with van der Waals surface area (Å²) in [5.74, 6) is -1.12. The van der Waals surface area contributed by atoms with Crippen LogP contribution in [0.2, 0.25) is 0 Å². The second kappa shape index (κ2) is 19.2. The van der Waals surface area contributed by atoms with E-state index < -0.39 is 5.97 Å². The molecule has 0 atom stereocenters. The molecule has 0 unspecified atom stereocenters. The van der Waals surface area contributed by atoms with Crippen molar-refractivity contribution in [2.24, 2.45) is 0 Å². The monoisotopic (exact) mass is 352 g/mol. The molecule has 0 rings (SSSR count). The van der Waals surface area contributed by atoms with Crippen molar-refractivity contribution in [1.29, 1.82) is 0 Å². The molecule has 0 aliphatic carbocycles. The van der Waals surface area contributed by atoms with Crippen LogP contribution in [0.15, 0.2) is 11.6 Å². The minimum absolute atomic E-state index is 0.110. The van der Waals surface area contributed by atoms with E-state index >= 15 is 0 Å². The van der Waals surface area contributed by atoms with Crippen LogP contribution in [0.5, 0.6) is 0 Å². The average Bonchev–Trinajstić information content (AvgIpc) is 2.60. The van der Waals surface area contributed by atoms with Gasteiger partial charge in [0, 0.05) is 0 Å². The van der Waals surface area contributed by atoms with E-state index in [4.69, 9.17) is 5.11 Å². The van der Waals surface area contributed by atoms with E-state index in [1.165, 1.54) is 89.9 Å². The van der Waals surface area contributed by atoms with E-state index in [2.05, 4.69) is 6.92 Å². The Balaban J connectivity index is 3.19. The van der Waals surface area contributed by atoms with Crippen molar-refractivity contribution in [2.75, 3.05) is 0 Å². The molecular weight excluding hydrogens is 312 g/mol. The van der Waals surface area contributed by atoms with Crippen LogP contribution in [-0.2, 0) is 9.59 Å². The van der Waals surface area contributed by atoms with Gasteiger partial charge in [0.15, 0.2) is 6.29 Å². The molecule has 146 valence electrons. The normalized spacial score (nSPS) is 11.6. The van der Waals surface area contributed by atoms with E-state index in [0.29, 0.717) is 12.7 Å². The van der Waals surface area contributed by atoms with Gasteiger partial charge >= 0.3 is 5.97 Å². The molecule has 3 heteroatoms. The molecule has 0 amide bonds. The maximum Gasteiger partial charge on any atom is 0.338 e. The molecule has 0 aliphatic rings. The molecule has 0 aromatic carbocycles. The highest BCUT2D eigenvalue weighted by molar-refractivity contribution is 6.06. The zero-order chi connectivity index (χ0) is 18.6. The fourth-order valence-corrected chi connectivity index (χ4v) is 3.14. The highest BCUT2D eigenvalue weighted by Gasteiger charge is 2.03. The van der Waals surface area contributed by atoms with Crippen molar-refractivity contribution in [1.82, 2.24) is 0 Å². The van der Waals surface area contributed by atoms with Gasteiger partial charge in [-0.05, 0) is 12.8 Å². The second-order valence-electron chi connectivity index (χ2n) is 7.17. The molecule has 1 N–H and O–H groups in total. The van der Waals surface area contributed by atoms with Crippen molar-refractivity contribution in [3.8, 4) is 0 Å². The lowest BCUT2D eigenvalue weighted by Gasteiger charge is -2.03. The molecule has 0 bridgehead atoms. The van der Waals surface area contributed by atoms with Crippen LogP contribution < -0.4 is 0 Å². The first-order valence-corrected chi connectivity index (χ1v) is 10.6. The molecule has 0 aliphatic heterocycles. The Kier molecular flexibility index (Phi) is 18.3. The molecule has 0 saturated carbocycles. The number of carbonyl (C=O) groups is 2. The van der Waals surface area contributed by atoms with E-state index in [1.807, 2.05) is 0 Å². The average molecular weight is 353 g/mol. The highest BCUT2D eigenvalue weighted by Crippen LogP contribution is 2.14. The van der Waals surface area contributed by atoms with Crippen molar-refractivity contribution in [3.63, 3.8) is 0 Å². The summed E-state index contributed by atoms with van der Waals surface area (Å²) in [4.78, 5) is 21.1. The van der Waals surface area contributed by atoms with Crippen LogP contribution in [0.4, 0.5) is 0 Å². The molecule has 0 heterocycles. The van der Waals surface area contributed by atoms with E-state index in [-0.39, 0.29) is 5.57 Å². The first-order chi connectivity index (χ1) is 12.2. The summed E-state index contributed by atoms with van der Waals surface area (Å²) in [6, 6.07) is 0. The summed E-state index contributed by atoms with van der Waals surface area (Å²) in [7, 11) is 0. The lowest BCUT2D eigenvalue weighted by Crippen LogP contribution is -2.01. The fourth-order valence-electron chi connectivity index (χ4n) is 3.14. The third-order valence-corrected chi connectivity index (χ3v) is 4.80. The zero-order valence-corrected chi connectivity index (χ0v) is 16.4. The largest absolute Gasteiger partial charge is 0.478 e. The molecule has 0 aromatic heterocycles. The van der Waals surface area contributed by atoms with Gasteiger partial charge in [-0.1, -0.05) is 109 Å². The Morgan fingerprint density at radius 2 is 1.04 bits per heavy atom. The first-order valence-electron chi connectivity index (χ1n) is 10.6. The van der Waals surface area contributed by atoms with Gasteiger partial charge in [-0.2, -0.15) is 0 Å². The predicted octanol–water partition coefficient (Wildman–Crippen LogP) is 6.85. The molecule has 0 saturated heterocycles. The maximum atomic E-state index is 10.6.